The van der Waals surface area contributed by atoms with Crippen LogP contribution in [0.3, 0.4) is 0 Å². The Labute approximate surface area is 213 Å². The molecular weight excluding hydrogens is 487 g/mol. The minimum Gasteiger partial charge on any atom is -0.486 e. The molecule has 0 amide bonds. The predicted molar refractivity (Wildman–Crippen MR) is 137 cm³/mol. The molecule has 3 aromatic rings. The summed E-state index contributed by atoms with van der Waals surface area (Å²) in [6, 6.07) is 8.90. The molecule has 3 N–H and O–H groups in total. The van der Waals surface area contributed by atoms with Gasteiger partial charge in [-0.2, -0.15) is 5.26 Å². The molecular formula is C25H24Cl2N6O2. The minimum atomic E-state index is -0.468. The third-order valence-electron chi connectivity index (χ3n) is 6.02. The molecule has 1 aliphatic heterocycles. The zero-order valence-electron chi connectivity index (χ0n) is 19.5. The molecule has 0 bridgehead atoms. The van der Waals surface area contributed by atoms with E-state index in [1.54, 1.807) is 37.6 Å². The topological polar surface area (TPSA) is 121 Å². The van der Waals surface area contributed by atoms with Gasteiger partial charge in [0.25, 0.3) is 0 Å². The fourth-order valence-electron chi connectivity index (χ4n) is 4.02. The van der Waals surface area contributed by atoms with Gasteiger partial charge in [-0.25, -0.2) is 4.98 Å². The van der Waals surface area contributed by atoms with Crippen LogP contribution in [0.4, 0.5) is 11.5 Å². The monoisotopic (exact) mass is 510 g/mol. The van der Waals surface area contributed by atoms with Crippen LogP contribution in [-0.2, 0) is 4.74 Å². The van der Waals surface area contributed by atoms with E-state index in [1.165, 1.54) is 12.4 Å². The van der Waals surface area contributed by atoms with Gasteiger partial charge in [0, 0.05) is 61.2 Å². The Morgan fingerprint density at radius 1 is 1.23 bits per heavy atom. The number of nitrogens with one attached hydrogen (secondary N) is 1. The molecule has 1 aromatic carbocycles. The van der Waals surface area contributed by atoms with Crippen molar-refractivity contribution in [2.24, 2.45) is 0 Å². The highest BCUT2D eigenvalue weighted by Gasteiger charge is 2.40. The van der Waals surface area contributed by atoms with Gasteiger partial charge in [-0.3, -0.25) is 10.4 Å². The van der Waals surface area contributed by atoms with E-state index >= 15 is 0 Å². The molecule has 3 heterocycles. The number of hydrogen-bond donors (Lipinski definition) is 2. The van der Waals surface area contributed by atoms with E-state index in [0.717, 1.165) is 0 Å². The van der Waals surface area contributed by atoms with Gasteiger partial charge in [0.1, 0.15) is 23.7 Å². The number of nitrogens with two attached hydrogens (primary N) is 1. The zero-order valence-corrected chi connectivity index (χ0v) is 21.0. The molecule has 0 unspecified atom stereocenters. The van der Waals surface area contributed by atoms with Crippen molar-refractivity contribution in [2.75, 3.05) is 30.8 Å². The first-order valence-corrected chi connectivity index (χ1v) is 11.6. The van der Waals surface area contributed by atoms with Crippen molar-refractivity contribution < 1.29 is 9.47 Å². The molecule has 35 heavy (non-hydrogen) atoms. The molecule has 0 radical (unpaired) electrons. The van der Waals surface area contributed by atoms with Crippen LogP contribution in [0.15, 0.2) is 42.9 Å². The Bertz CT molecular complexity index is 1310. The van der Waals surface area contributed by atoms with E-state index < -0.39 is 6.10 Å². The number of pyridine rings is 2. The highest BCUT2D eigenvalue weighted by atomic mass is 35.5. The molecule has 1 atom stereocenters. The van der Waals surface area contributed by atoms with E-state index in [4.69, 9.17) is 43.8 Å². The number of ether oxygens (including phenoxy) is 2. The van der Waals surface area contributed by atoms with Gasteiger partial charge in [-0.15, -0.1) is 0 Å². The van der Waals surface area contributed by atoms with Crippen LogP contribution >= 0.6 is 23.2 Å². The van der Waals surface area contributed by atoms with Crippen molar-refractivity contribution in [1.82, 2.24) is 9.97 Å². The van der Waals surface area contributed by atoms with Crippen LogP contribution in [-0.4, -0.2) is 41.5 Å². The highest BCUT2D eigenvalue weighted by molar-refractivity contribution is 6.35. The number of nitrogen functional groups attached to an aromatic ring is 1. The van der Waals surface area contributed by atoms with Crippen LogP contribution < -0.4 is 15.4 Å². The number of nitriles is 1. The molecule has 180 valence electrons. The van der Waals surface area contributed by atoms with Crippen molar-refractivity contribution in [2.45, 2.75) is 25.6 Å². The minimum absolute atomic E-state index is 0.126. The van der Waals surface area contributed by atoms with E-state index in [1.807, 2.05) is 18.7 Å². The number of rotatable bonds is 7. The number of hydrogen-bond acceptors (Lipinski definition) is 8. The van der Waals surface area contributed by atoms with Crippen LogP contribution in [0.5, 0.6) is 5.75 Å². The van der Waals surface area contributed by atoms with Gasteiger partial charge in [0.05, 0.1) is 26.9 Å². The molecule has 4 rings (SSSR count). The van der Waals surface area contributed by atoms with Crippen molar-refractivity contribution in [3.05, 3.63) is 75.2 Å². The second-order valence-electron chi connectivity index (χ2n) is 8.62. The summed E-state index contributed by atoms with van der Waals surface area (Å²) in [6.45, 7) is 5.10. The summed E-state index contributed by atoms with van der Waals surface area (Å²) in [6.07, 6.45) is 4.12. The van der Waals surface area contributed by atoms with Gasteiger partial charge >= 0.3 is 0 Å². The zero-order chi connectivity index (χ0) is 25.3. The first-order valence-electron chi connectivity index (χ1n) is 10.8. The Kier molecular flexibility index (Phi) is 6.86. The molecule has 1 saturated heterocycles. The largest absolute Gasteiger partial charge is 0.486 e. The maximum atomic E-state index is 9.71. The predicted octanol–water partition coefficient (Wildman–Crippen LogP) is 5.02. The molecule has 10 heteroatoms. The number of anilines is 2. The normalized spacial score (nSPS) is 15.1. The molecule has 1 fully saturated rings. The average molecular weight is 511 g/mol. The Hall–Kier alpha value is -3.38. The fraction of sp³-hybridized carbons (Fsp3) is 0.280. The van der Waals surface area contributed by atoms with Crippen molar-refractivity contribution in [3.8, 4) is 11.8 Å². The summed E-state index contributed by atoms with van der Waals surface area (Å²) in [5.74, 6) is 1.06. The summed E-state index contributed by atoms with van der Waals surface area (Å²) in [7, 11) is 1.67. The quantitative estimate of drug-likeness (QED) is 0.338. The summed E-state index contributed by atoms with van der Waals surface area (Å²) in [5, 5.41) is 19.3. The molecule has 0 saturated carbocycles. The first-order chi connectivity index (χ1) is 16.7. The standard InChI is InChI=1S/C25H24Cl2N6O2/c1-14(22-19(26)10-31-11-20(22)27)35-17-4-5-21(29)18(7-17)23(30)16-6-15(8-28)24(32-9-16)33-12-25(2,13-33)34-3/h4-7,9-11,14,30H,12-13,29H2,1-3H3/t14-/m1/s1. The Balaban J connectivity index is 1.58. The van der Waals surface area contributed by atoms with E-state index in [2.05, 4.69) is 16.0 Å². The first kappa shape index (κ1) is 24.7. The molecule has 2 aromatic heterocycles. The van der Waals surface area contributed by atoms with Crippen molar-refractivity contribution in [1.29, 1.82) is 10.7 Å². The van der Waals surface area contributed by atoms with Crippen LogP contribution in [0.2, 0.25) is 10.0 Å². The fourth-order valence-corrected chi connectivity index (χ4v) is 4.69. The highest BCUT2D eigenvalue weighted by Crippen LogP contribution is 2.34. The van der Waals surface area contributed by atoms with Crippen LogP contribution in [0.1, 0.15) is 42.2 Å². The summed E-state index contributed by atoms with van der Waals surface area (Å²) in [5.41, 5.74) is 8.38. The molecule has 8 nitrogen and oxygen atoms in total. The molecule has 1 aliphatic rings. The number of methoxy groups -OCH3 is 1. The summed E-state index contributed by atoms with van der Waals surface area (Å²) >= 11 is 12.5. The SMILES string of the molecule is COC1(C)CN(c2ncc(C(=N)c3cc(O[C@H](C)c4c(Cl)cncc4Cl)ccc3N)cc2C#N)C1. The van der Waals surface area contributed by atoms with Gasteiger partial charge < -0.3 is 20.1 Å². The van der Waals surface area contributed by atoms with Gasteiger partial charge in [-0.1, -0.05) is 23.2 Å². The van der Waals surface area contributed by atoms with E-state index in [0.29, 0.717) is 62.6 Å². The smallest absolute Gasteiger partial charge is 0.146 e. The lowest BCUT2D eigenvalue weighted by molar-refractivity contribution is -0.0171. The lowest BCUT2D eigenvalue weighted by Crippen LogP contribution is -2.61. The van der Waals surface area contributed by atoms with Gasteiger partial charge in [0.2, 0.25) is 0 Å². The Morgan fingerprint density at radius 2 is 1.91 bits per heavy atom. The lowest BCUT2D eigenvalue weighted by atomic mass is 9.95. The van der Waals surface area contributed by atoms with Crippen LogP contribution in [0.25, 0.3) is 0 Å². The van der Waals surface area contributed by atoms with E-state index in [9.17, 15) is 5.26 Å². The van der Waals surface area contributed by atoms with Gasteiger partial charge in [-0.05, 0) is 38.1 Å². The lowest BCUT2D eigenvalue weighted by Gasteiger charge is -2.47. The molecule has 0 aliphatic carbocycles. The second kappa shape index (κ2) is 9.70. The number of halogens is 2. The Morgan fingerprint density at radius 3 is 2.54 bits per heavy atom. The number of aromatic nitrogens is 2. The van der Waals surface area contributed by atoms with Crippen molar-refractivity contribution in [3.63, 3.8) is 0 Å². The molecule has 0 spiro atoms. The number of benzene rings is 1. The van der Waals surface area contributed by atoms with E-state index in [-0.39, 0.29) is 11.3 Å². The number of nitrogens with zero attached hydrogens (tertiary/aromatic N) is 4. The summed E-state index contributed by atoms with van der Waals surface area (Å²) in [4.78, 5) is 10.4. The van der Waals surface area contributed by atoms with Crippen LogP contribution in [0, 0.1) is 16.7 Å². The second-order valence-corrected chi connectivity index (χ2v) is 9.43. The average Bonchev–Trinajstić information content (AvgIpc) is 2.82. The third-order valence-corrected chi connectivity index (χ3v) is 6.63. The third kappa shape index (κ3) is 4.89. The maximum absolute atomic E-state index is 9.71. The summed E-state index contributed by atoms with van der Waals surface area (Å²) < 4.78 is 11.5. The maximum Gasteiger partial charge on any atom is 0.146 e. The van der Waals surface area contributed by atoms with Crippen molar-refractivity contribution >= 4 is 40.4 Å². The van der Waals surface area contributed by atoms with Gasteiger partial charge in [0.15, 0.2) is 0 Å².